The zero-order valence-electron chi connectivity index (χ0n) is 6.93. The van der Waals surface area contributed by atoms with Crippen LogP contribution in [0.2, 0.25) is 0 Å². The molecule has 0 saturated carbocycles. The quantitative estimate of drug-likeness (QED) is 0.686. The van der Waals surface area contributed by atoms with Crippen molar-refractivity contribution in [2.75, 3.05) is 6.67 Å². The summed E-state index contributed by atoms with van der Waals surface area (Å²) in [5, 5.41) is 8.51. The topological polar surface area (TPSA) is 23.8 Å². The van der Waals surface area contributed by atoms with Crippen LogP contribution in [0, 0.1) is 24.1 Å². The first-order valence-corrected chi connectivity index (χ1v) is 3.77. The maximum Gasteiger partial charge on any atom is 0.124 e. The Balaban J connectivity index is 3.10. The van der Waals surface area contributed by atoms with Gasteiger partial charge in [0, 0.05) is 5.92 Å². The van der Waals surface area contributed by atoms with E-state index in [0.717, 1.165) is 6.07 Å². The Hall–Kier alpha value is -1.43. The van der Waals surface area contributed by atoms with Crippen LogP contribution < -0.4 is 0 Å². The van der Waals surface area contributed by atoms with E-state index in [1.54, 1.807) is 6.07 Å². The SMILES string of the molecule is [CH2]C(CF)c1cc(F)cc(C#N)c1. The fraction of sp³-hybridized carbons (Fsp3) is 0.200. The number of halogens is 2. The molecular formula is C10H8F2N. The highest BCUT2D eigenvalue weighted by Gasteiger charge is 2.07. The van der Waals surface area contributed by atoms with Crippen LogP contribution in [0.5, 0.6) is 0 Å². The number of nitriles is 1. The average molecular weight is 180 g/mol. The summed E-state index contributed by atoms with van der Waals surface area (Å²) in [5.74, 6) is -1.14. The molecule has 3 heteroatoms. The van der Waals surface area contributed by atoms with Crippen LogP contribution in [0.3, 0.4) is 0 Å². The number of benzene rings is 1. The van der Waals surface area contributed by atoms with E-state index in [2.05, 4.69) is 6.92 Å². The zero-order valence-corrected chi connectivity index (χ0v) is 6.93. The van der Waals surface area contributed by atoms with Gasteiger partial charge in [-0.1, -0.05) is 0 Å². The summed E-state index contributed by atoms with van der Waals surface area (Å²) in [5.41, 5.74) is 0.608. The van der Waals surface area contributed by atoms with Crippen molar-refractivity contribution in [2.24, 2.45) is 0 Å². The molecule has 0 fully saturated rings. The second-order valence-electron chi connectivity index (χ2n) is 2.74. The van der Waals surface area contributed by atoms with Gasteiger partial charge in [0.25, 0.3) is 0 Å². The van der Waals surface area contributed by atoms with Gasteiger partial charge < -0.3 is 0 Å². The first kappa shape index (κ1) is 9.66. The lowest BCUT2D eigenvalue weighted by Gasteiger charge is -2.06. The Kier molecular flexibility index (Phi) is 2.97. The van der Waals surface area contributed by atoms with E-state index in [4.69, 9.17) is 5.26 Å². The third-order valence-corrected chi connectivity index (χ3v) is 1.71. The van der Waals surface area contributed by atoms with Crippen LogP contribution >= 0.6 is 0 Å². The van der Waals surface area contributed by atoms with Gasteiger partial charge in [0.05, 0.1) is 18.3 Å². The lowest BCUT2D eigenvalue weighted by Crippen LogP contribution is -1.97. The summed E-state index contributed by atoms with van der Waals surface area (Å²) in [6, 6.07) is 5.54. The number of nitrogens with zero attached hydrogens (tertiary/aromatic N) is 1. The van der Waals surface area contributed by atoms with Crippen molar-refractivity contribution in [3.63, 3.8) is 0 Å². The van der Waals surface area contributed by atoms with Crippen LogP contribution in [0.4, 0.5) is 8.78 Å². The van der Waals surface area contributed by atoms with Gasteiger partial charge in [0.1, 0.15) is 5.82 Å². The lowest BCUT2D eigenvalue weighted by molar-refractivity contribution is 0.464. The molecule has 0 amide bonds. The summed E-state index contributed by atoms with van der Waals surface area (Å²) in [4.78, 5) is 0. The number of alkyl halides is 1. The molecule has 1 aromatic rings. The molecule has 0 heterocycles. The second kappa shape index (κ2) is 3.99. The standard InChI is InChI=1S/C10H8F2N/c1-7(5-11)9-2-8(6-13)3-10(12)4-9/h2-4,7H,1,5H2. The minimum absolute atomic E-state index is 0.192. The molecule has 0 aromatic heterocycles. The van der Waals surface area contributed by atoms with Gasteiger partial charge in [0.2, 0.25) is 0 Å². The van der Waals surface area contributed by atoms with Crippen molar-refractivity contribution in [3.05, 3.63) is 42.1 Å². The molecule has 13 heavy (non-hydrogen) atoms. The van der Waals surface area contributed by atoms with E-state index in [9.17, 15) is 8.78 Å². The molecule has 0 aliphatic carbocycles. The molecule has 0 aliphatic rings. The molecule has 0 bridgehead atoms. The predicted molar refractivity (Wildman–Crippen MR) is 45.2 cm³/mol. The molecule has 1 aromatic carbocycles. The van der Waals surface area contributed by atoms with Crippen molar-refractivity contribution in [1.82, 2.24) is 0 Å². The maximum absolute atomic E-state index is 12.8. The summed E-state index contributed by atoms with van der Waals surface area (Å²) in [6.07, 6.45) is 0. The van der Waals surface area contributed by atoms with Crippen molar-refractivity contribution in [2.45, 2.75) is 5.92 Å². The van der Waals surface area contributed by atoms with Crippen LogP contribution in [0.25, 0.3) is 0 Å². The minimum Gasteiger partial charge on any atom is -0.250 e. The van der Waals surface area contributed by atoms with Gasteiger partial charge in [-0.05, 0) is 30.7 Å². The Morgan fingerprint density at radius 3 is 2.69 bits per heavy atom. The number of hydrogen-bond donors (Lipinski definition) is 0. The van der Waals surface area contributed by atoms with E-state index in [0.29, 0.717) is 5.56 Å². The molecule has 1 nitrogen and oxygen atoms in total. The first-order chi connectivity index (χ1) is 6.17. The normalized spacial score (nSPS) is 12.2. The molecule has 1 atom stereocenters. The van der Waals surface area contributed by atoms with Crippen molar-refractivity contribution >= 4 is 0 Å². The van der Waals surface area contributed by atoms with Crippen LogP contribution in [0.1, 0.15) is 17.0 Å². The lowest BCUT2D eigenvalue weighted by atomic mass is 10.0. The highest BCUT2D eigenvalue weighted by Crippen LogP contribution is 2.18. The van der Waals surface area contributed by atoms with E-state index < -0.39 is 18.4 Å². The molecule has 0 aliphatic heterocycles. The maximum atomic E-state index is 12.8. The van der Waals surface area contributed by atoms with Gasteiger partial charge in [-0.25, -0.2) is 4.39 Å². The molecule has 0 spiro atoms. The summed E-state index contributed by atoms with van der Waals surface area (Å²) in [7, 11) is 0. The van der Waals surface area contributed by atoms with Crippen molar-refractivity contribution in [1.29, 1.82) is 5.26 Å². The predicted octanol–water partition coefficient (Wildman–Crippen LogP) is 2.58. The Morgan fingerprint density at radius 1 is 1.46 bits per heavy atom. The summed E-state index contributed by atoms with van der Waals surface area (Å²) >= 11 is 0. The zero-order chi connectivity index (χ0) is 9.84. The molecule has 0 N–H and O–H groups in total. The molecule has 0 saturated heterocycles. The molecule has 1 radical (unpaired) electrons. The number of rotatable bonds is 2. The van der Waals surface area contributed by atoms with Gasteiger partial charge in [-0.2, -0.15) is 5.26 Å². The molecule has 1 unspecified atom stereocenters. The van der Waals surface area contributed by atoms with Crippen LogP contribution in [-0.2, 0) is 0 Å². The molecular weight excluding hydrogens is 172 g/mol. The third kappa shape index (κ3) is 2.25. The summed E-state index contributed by atoms with van der Waals surface area (Å²) in [6.45, 7) is 2.83. The average Bonchev–Trinajstić information content (AvgIpc) is 2.15. The largest absolute Gasteiger partial charge is 0.250 e. The Labute approximate surface area is 75.6 Å². The van der Waals surface area contributed by atoms with E-state index in [-0.39, 0.29) is 5.56 Å². The molecule has 67 valence electrons. The van der Waals surface area contributed by atoms with Crippen molar-refractivity contribution < 1.29 is 8.78 Å². The highest BCUT2D eigenvalue weighted by atomic mass is 19.1. The monoisotopic (exact) mass is 180 g/mol. The number of hydrogen-bond acceptors (Lipinski definition) is 1. The van der Waals surface area contributed by atoms with Crippen molar-refractivity contribution in [3.8, 4) is 6.07 Å². The minimum atomic E-state index is -0.658. The third-order valence-electron chi connectivity index (χ3n) is 1.71. The summed E-state index contributed by atoms with van der Waals surface area (Å²) < 4.78 is 25.0. The first-order valence-electron chi connectivity index (χ1n) is 3.77. The highest BCUT2D eigenvalue weighted by molar-refractivity contribution is 5.35. The van der Waals surface area contributed by atoms with Crippen LogP contribution in [0.15, 0.2) is 18.2 Å². The van der Waals surface area contributed by atoms with Gasteiger partial charge in [-0.3, -0.25) is 4.39 Å². The fourth-order valence-electron chi connectivity index (χ4n) is 1.00. The molecule has 1 rings (SSSR count). The van der Waals surface area contributed by atoms with E-state index >= 15 is 0 Å². The van der Waals surface area contributed by atoms with Gasteiger partial charge >= 0.3 is 0 Å². The van der Waals surface area contributed by atoms with Gasteiger partial charge in [-0.15, -0.1) is 0 Å². The van der Waals surface area contributed by atoms with Gasteiger partial charge in [0.15, 0.2) is 0 Å². The second-order valence-corrected chi connectivity index (χ2v) is 2.74. The smallest absolute Gasteiger partial charge is 0.124 e. The van der Waals surface area contributed by atoms with E-state index in [1.165, 1.54) is 12.1 Å². The Morgan fingerprint density at radius 2 is 2.15 bits per heavy atom. The Bertz CT molecular complexity index is 341. The van der Waals surface area contributed by atoms with Crippen LogP contribution in [-0.4, -0.2) is 6.67 Å². The van der Waals surface area contributed by atoms with E-state index in [1.807, 2.05) is 0 Å². The fourth-order valence-corrected chi connectivity index (χ4v) is 1.00.